The van der Waals surface area contributed by atoms with Crippen molar-refractivity contribution in [3.8, 4) is 17.3 Å². The first-order chi connectivity index (χ1) is 13.9. The predicted molar refractivity (Wildman–Crippen MR) is 113 cm³/mol. The maximum Gasteiger partial charge on any atom is 0.205 e. The van der Waals surface area contributed by atoms with Gasteiger partial charge < -0.3 is 4.42 Å². The van der Waals surface area contributed by atoms with E-state index in [0.29, 0.717) is 11.6 Å². The van der Waals surface area contributed by atoms with Crippen LogP contribution in [0, 0.1) is 0 Å². The van der Waals surface area contributed by atoms with Gasteiger partial charge in [-0.3, -0.25) is 4.57 Å². The highest BCUT2D eigenvalue weighted by atomic mass is 32.2. The highest BCUT2D eigenvalue weighted by Crippen LogP contribution is 2.32. The number of hydrogen-bond donors (Lipinski definition) is 0. The summed E-state index contributed by atoms with van der Waals surface area (Å²) in [6, 6.07) is 30.5. The SMILES string of the molecule is c1ccc(CSc2nnc(-c3cc4ccccc4o3)n2-c2ccccc2)cc1. The first-order valence-electron chi connectivity index (χ1n) is 9.05. The minimum absolute atomic E-state index is 0.706. The van der Waals surface area contributed by atoms with Gasteiger partial charge in [0.1, 0.15) is 5.58 Å². The molecular weight excluding hydrogens is 366 g/mol. The average molecular weight is 383 g/mol. The summed E-state index contributed by atoms with van der Waals surface area (Å²) < 4.78 is 8.12. The summed E-state index contributed by atoms with van der Waals surface area (Å²) in [5.41, 5.74) is 3.11. The first-order valence-corrected chi connectivity index (χ1v) is 10.0. The Morgan fingerprint density at radius 3 is 2.29 bits per heavy atom. The molecule has 0 aliphatic rings. The molecule has 0 saturated carbocycles. The topological polar surface area (TPSA) is 43.9 Å². The fourth-order valence-electron chi connectivity index (χ4n) is 3.15. The molecule has 0 bridgehead atoms. The maximum atomic E-state index is 6.06. The second-order valence-electron chi connectivity index (χ2n) is 6.40. The van der Waals surface area contributed by atoms with Gasteiger partial charge in [-0.15, -0.1) is 10.2 Å². The minimum Gasteiger partial charge on any atom is -0.453 e. The molecule has 4 nitrogen and oxygen atoms in total. The van der Waals surface area contributed by atoms with Crippen LogP contribution >= 0.6 is 11.8 Å². The normalized spacial score (nSPS) is 11.1. The lowest BCUT2D eigenvalue weighted by molar-refractivity contribution is 0.622. The Hall–Kier alpha value is -3.31. The second kappa shape index (κ2) is 7.37. The number of rotatable bonds is 5. The first kappa shape index (κ1) is 16.8. The fourth-order valence-corrected chi connectivity index (χ4v) is 4.05. The van der Waals surface area contributed by atoms with Crippen molar-refractivity contribution < 1.29 is 4.42 Å². The van der Waals surface area contributed by atoms with Crippen molar-refractivity contribution in [2.45, 2.75) is 10.9 Å². The standard InChI is InChI=1S/C23H17N3OS/c1-3-9-17(10-4-1)16-28-23-25-24-22(26(23)19-12-5-2-6-13-19)21-15-18-11-7-8-14-20(18)27-21/h1-15H,16H2. The Balaban J connectivity index is 1.58. The maximum absolute atomic E-state index is 6.06. The number of hydrogen-bond acceptors (Lipinski definition) is 4. The van der Waals surface area contributed by atoms with E-state index >= 15 is 0 Å². The van der Waals surface area contributed by atoms with Crippen molar-refractivity contribution in [3.63, 3.8) is 0 Å². The van der Waals surface area contributed by atoms with Crippen LogP contribution in [0.2, 0.25) is 0 Å². The molecule has 5 rings (SSSR count). The van der Waals surface area contributed by atoms with Crippen LogP contribution in [0.15, 0.2) is 101 Å². The monoisotopic (exact) mass is 383 g/mol. The molecule has 5 heteroatoms. The number of thioether (sulfide) groups is 1. The second-order valence-corrected chi connectivity index (χ2v) is 7.34. The van der Waals surface area contributed by atoms with Crippen molar-refractivity contribution in [1.82, 2.24) is 14.8 Å². The molecule has 0 N–H and O–H groups in total. The molecule has 136 valence electrons. The smallest absolute Gasteiger partial charge is 0.205 e. The van der Waals surface area contributed by atoms with Gasteiger partial charge in [-0.05, 0) is 29.8 Å². The number of nitrogens with zero attached hydrogens (tertiary/aromatic N) is 3. The van der Waals surface area contributed by atoms with Crippen molar-refractivity contribution in [3.05, 3.63) is 96.6 Å². The van der Waals surface area contributed by atoms with Crippen LogP contribution in [-0.2, 0) is 5.75 Å². The van der Waals surface area contributed by atoms with Crippen molar-refractivity contribution >= 4 is 22.7 Å². The number of aromatic nitrogens is 3. The lowest BCUT2D eigenvalue weighted by Crippen LogP contribution is -1.99. The van der Waals surface area contributed by atoms with E-state index in [4.69, 9.17) is 4.42 Å². The molecule has 0 atom stereocenters. The summed E-state index contributed by atoms with van der Waals surface area (Å²) in [5, 5.41) is 10.8. The largest absolute Gasteiger partial charge is 0.453 e. The van der Waals surface area contributed by atoms with Crippen molar-refractivity contribution in [2.75, 3.05) is 0 Å². The van der Waals surface area contributed by atoms with Gasteiger partial charge in [-0.25, -0.2) is 0 Å². The summed E-state index contributed by atoms with van der Waals surface area (Å²) in [7, 11) is 0. The molecule has 0 aliphatic carbocycles. The lowest BCUT2D eigenvalue weighted by Gasteiger charge is -2.09. The van der Waals surface area contributed by atoms with Gasteiger partial charge in [0.15, 0.2) is 10.9 Å². The van der Waals surface area contributed by atoms with Crippen LogP contribution in [0.3, 0.4) is 0 Å². The Morgan fingerprint density at radius 1 is 0.786 bits per heavy atom. The molecule has 0 unspecified atom stereocenters. The zero-order chi connectivity index (χ0) is 18.8. The van der Waals surface area contributed by atoms with Crippen LogP contribution in [0.1, 0.15) is 5.56 Å². The van der Waals surface area contributed by atoms with Gasteiger partial charge in [-0.2, -0.15) is 0 Å². The third-order valence-corrected chi connectivity index (χ3v) is 5.50. The Labute approximate surface area is 166 Å². The molecule has 0 aliphatic heterocycles. The highest BCUT2D eigenvalue weighted by molar-refractivity contribution is 7.98. The van der Waals surface area contributed by atoms with Crippen molar-refractivity contribution in [2.24, 2.45) is 0 Å². The number of benzene rings is 3. The van der Waals surface area contributed by atoms with E-state index in [1.54, 1.807) is 11.8 Å². The van der Waals surface area contributed by atoms with Gasteiger partial charge in [0.25, 0.3) is 0 Å². The van der Waals surface area contributed by atoms with Gasteiger partial charge >= 0.3 is 0 Å². The van der Waals surface area contributed by atoms with E-state index in [1.807, 2.05) is 54.6 Å². The number of para-hydroxylation sites is 2. The highest BCUT2D eigenvalue weighted by Gasteiger charge is 2.19. The zero-order valence-electron chi connectivity index (χ0n) is 15.0. The minimum atomic E-state index is 0.706. The van der Waals surface area contributed by atoms with Gasteiger partial charge in [0, 0.05) is 16.8 Å². The summed E-state index contributed by atoms with van der Waals surface area (Å²) in [4.78, 5) is 0. The summed E-state index contributed by atoms with van der Waals surface area (Å²) in [6.07, 6.45) is 0. The van der Waals surface area contributed by atoms with Crippen molar-refractivity contribution in [1.29, 1.82) is 0 Å². The predicted octanol–water partition coefficient (Wildman–Crippen LogP) is 5.97. The van der Waals surface area contributed by atoms with Crippen LogP contribution in [0.5, 0.6) is 0 Å². The molecular formula is C23H17N3OS. The van der Waals surface area contributed by atoms with Gasteiger partial charge in [0.2, 0.25) is 5.82 Å². The zero-order valence-corrected chi connectivity index (χ0v) is 15.8. The van der Waals surface area contributed by atoms with E-state index in [-0.39, 0.29) is 0 Å². The molecule has 2 heterocycles. The lowest BCUT2D eigenvalue weighted by atomic mass is 10.2. The van der Waals surface area contributed by atoms with Gasteiger partial charge in [-0.1, -0.05) is 78.5 Å². The van der Waals surface area contributed by atoms with E-state index in [9.17, 15) is 0 Å². The molecule has 0 radical (unpaired) electrons. The molecule has 3 aromatic carbocycles. The number of furan rings is 1. The molecule has 0 spiro atoms. The third kappa shape index (κ3) is 3.21. The molecule has 28 heavy (non-hydrogen) atoms. The van der Waals surface area contributed by atoms with Gasteiger partial charge in [0.05, 0.1) is 0 Å². The molecule has 0 saturated heterocycles. The summed E-state index contributed by atoms with van der Waals surface area (Å²) >= 11 is 1.67. The van der Waals surface area contributed by atoms with E-state index < -0.39 is 0 Å². The molecule has 0 fully saturated rings. The van der Waals surface area contributed by atoms with E-state index in [0.717, 1.165) is 27.6 Å². The molecule has 0 amide bonds. The molecule has 5 aromatic rings. The fraction of sp³-hybridized carbons (Fsp3) is 0.0435. The summed E-state index contributed by atoms with van der Waals surface area (Å²) in [6.45, 7) is 0. The van der Waals surface area contributed by atoms with Crippen LogP contribution in [0.4, 0.5) is 0 Å². The third-order valence-electron chi connectivity index (χ3n) is 4.50. The average Bonchev–Trinajstić information content (AvgIpc) is 3.37. The van der Waals surface area contributed by atoms with Crippen LogP contribution in [0.25, 0.3) is 28.2 Å². The quantitative estimate of drug-likeness (QED) is 0.351. The van der Waals surface area contributed by atoms with E-state index in [1.165, 1.54) is 5.56 Å². The Bertz CT molecular complexity index is 1180. The van der Waals surface area contributed by atoms with Crippen LogP contribution < -0.4 is 0 Å². The Morgan fingerprint density at radius 2 is 1.50 bits per heavy atom. The molecule has 2 aromatic heterocycles. The van der Waals surface area contributed by atoms with Crippen LogP contribution in [-0.4, -0.2) is 14.8 Å². The number of fused-ring (bicyclic) bond motifs is 1. The summed E-state index contributed by atoms with van der Waals surface area (Å²) in [5.74, 6) is 2.24. The Kier molecular flexibility index (Phi) is 4.43. The van der Waals surface area contributed by atoms with E-state index in [2.05, 4.69) is 51.2 Å².